The van der Waals surface area contributed by atoms with Crippen LogP contribution in [0.25, 0.3) is 0 Å². The van der Waals surface area contributed by atoms with E-state index in [0.717, 1.165) is 0 Å². The number of aliphatic hydroxyl groups is 1. The summed E-state index contributed by atoms with van der Waals surface area (Å²) in [7, 11) is -3.70. The highest BCUT2D eigenvalue weighted by atomic mass is 32.2. The van der Waals surface area contributed by atoms with Gasteiger partial charge in [-0.3, -0.25) is 0 Å². The van der Waals surface area contributed by atoms with Crippen molar-refractivity contribution in [2.45, 2.75) is 71.0 Å². The van der Waals surface area contributed by atoms with E-state index in [0.29, 0.717) is 28.1 Å². The van der Waals surface area contributed by atoms with E-state index in [2.05, 4.69) is 9.68 Å². The highest BCUT2D eigenvalue weighted by molar-refractivity contribution is 7.91. The van der Waals surface area contributed by atoms with Crippen LogP contribution in [0.4, 0.5) is 14.9 Å². The minimum absolute atomic E-state index is 0.0715. The van der Waals surface area contributed by atoms with Crippen LogP contribution in [0.3, 0.4) is 0 Å². The third-order valence-corrected chi connectivity index (χ3v) is 5.92. The fourth-order valence-electron chi connectivity index (χ4n) is 3.21. The second-order valence-electron chi connectivity index (χ2n) is 8.45. The molecule has 0 aliphatic carbocycles. The Morgan fingerprint density at radius 3 is 2.10 bits per heavy atom. The number of nitrogens with two attached hydrogens (primary N) is 1. The maximum absolute atomic E-state index is 14.1. The molecule has 30 heavy (non-hydrogen) atoms. The molecule has 1 heterocycles. The number of rotatable bonds is 5. The lowest BCUT2D eigenvalue weighted by atomic mass is 9.92. The summed E-state index contributed by atoms with van der Waals surface area (Å²) in [4.78, 5) is 12.6. The standard InChI is InChI=1S/C21H30FN3O4S/c1-11(2)15-8-14(22)9-16(12(3)4)19(15)24-20(26)25-30(23,28)18-10-17(13(5)29-18)21(6,7)27/h8-12,27H,1-7H3,(H3,23,24,25,26,28)/t30-/m1/s1. The van der Waals surface area contributed by atoms with Gasteiger partial charge in [-0.1, -0.05) is 27.7 Å². The van der Waals surface area contributed by atoms with Crippen LogP contribution in [0.5, 0.6) is 0 Å². The Bertz CT molecular complexity index is 1050. The molecule has 4 N–H and O–H groups in total. The minimum atomic E-state index is -3.70. The molecule has 0 aliphatic heterocycles. The van der Waals surface area contributed by atoms with Crippen molar-refractivity contribution in [2.24, 2.45) is 9.50 Å². The molecule has 0 fully saturated rings. The third kappa shape index (κ3) is 5.27. The summed E-state index contributed by atoms with van der Waals surface area (Å²) in [6.07, 6.45) is 0. The van der Waals surface area contributed by atoms with Crippen LogP contribution in [0.1, 0.15) is 75.8 Å². The van der Waals surface area contributed by atoms with E-state index in [-0.39, 0.29) is 16.9 Å². The zero-order valence-electron chi connectivity index (χ0n) is 18.4. The number of nitrogens with one attached hydrogen (secondary N) is 1. The van der Waals surface area contributed by atoms with Gasteiger partial charge in [-0.2, -0.15) is 0 Å². The monoisotopic (exact) mass is 439 g/mol. The van der Waals surface area contributed by atoms with E-state index in [1.54, 1.807) is 20.8 Å². The zero-order chi connectivity index (χ0) is 23.0. The van der Waals surface area contributed by atoms with Crippen LogP contribution in [0.2, 0.25) is 0 Å². The van der Waals surface area contributed by atoms with Crippen LogP contribution in [0, 0.1) is 12.7 Å². The first kappa shape index (κ1) is 24.0. The van der Waals surface area contributed by atoms with Crippen molar-refractivity contribution >= 4 is 21.6 Å². The Morgan fingerprint density at radius 2 is 1.70 bits per heavy atom. The van der Waals surface area contributed by atoms with Crippen molar-refractivity contribution in [3.05, 3.63) is 46.5 Å². The summed E-state index contributed by atoms with van der Waals surface area (Å²) in [5.41, 5.74) is 0.788. The number of furan rings is 1. The average Bonchev–Trinajstić information content (AvgIpc) is 2.98. The van der Waals surface area contributed by atoms with Crippen LogP contribution in [-0.2, 0) is 15.5 Å². The number of benzene rings is 1. The Labute approximate surface area is 177 Å². The normalized spacial score (nSPS) is 14.1. The zero-order valence-corrected chi connectivity index (χ0v) is 19.2. The Morgan fingerprint density at radius 1 is 1.20 bits per heavy atom. The fourth-order valence-corrected chi connectivity index (χ4v) is 4.12. The molecule has 2 aromatic rings. The van der Waals surface area contributed by atoms with E-state index in [1.807, 2.05) is 27.7 Å². The number of anilines is 1. The van der Waals surface area contributed by atoms with Crippen molar-refractivity contribution in [3.63, 3.8) is 0 Å². The molecule has 166 valence electrons. The van der Waals surface area contributed by atoms with Crippen LogP contribution in [0.15, 0.2) is 32.1 Å². The van der Waals surface area contributed by atoms with Crippen LogP contribution < -0.4 is 10.5 Å². The Balaban J connectivity index is 2.48. The van der Waals surface area contributed by atoms with Gasteiger partial charge in [0.2, 0.25) is 5.09 Å². The molecule has 1 atom stereocenters. The van der Waals surface area contributed by atoms with E-state index < -0.39 is 27.4 Å². The van der Waals surface area contributed by atoms with Crippen LogP contribution >= 0.6 is 0 Å². The molecule has 0 saturated heterocycles. The predicted octanol–water partition coefficient (Wildman–Crippen LogP) is 5.13. The van der Waals surface area contributed by atoms with Gasteiger partial charge in [0.1, 0.15) is 11.6 Å². The molecule has 7 nitrogen and oxygen atoms in total. The van der Waals surface area contributed by atoms with Gasteiger partial charge < -0.3 is 14.8 Å². The summed E-state index contributed by atoms with van der Waals surface area (Å²) in [6.45, 7) is 12.2. The molecule has 9 heteroatoms. The van der Waals surface area contributed by atoms with Gasteiger partial charge in [0.15, 0.2) is 9.92 Å². The van der Waals surface area contributed by atoms with E-state index in [9.17, 15) is 18.5 Å². The second-order valence-corrected chi connectivity index (χ2v) is 10.2. The molecule has 1 aromatic heterocycles. The van der Waals surface area contributed by atoms with Gasteiger partial charge in [0, 0.05) is 17.3 Å². The largest absolute Gasteiger partial charge is 0.450 e. The first-order valence-electron chi connectivity index (χ1n) is 9.66. The fraction of sp³-hybridized carbons (Fsp3) is 0.476. The van der Waals surface area contributed by atoms with Crippen molar-refractivity contribution < 1.29 is 22.9 Å². The van der Waals surface area contributed by atoms with Gasteiger partial charge in [0.25, 0.3) is 0 Å². The maximum atomic E-state index is 14.1. The lowest BCUT2D eigenvalue weighted by Gasteiger charge is -2.19. The van der Waals surface area contributed by atoms with Gasteiger partial charge in [0.05, 0.1) is 5.60 Å². The van der Waals surface area contributed by atoms with E-state index >= 15 is 0 Å². The van der Waals surface area contributed by atoms with Crippen molar-refractivity contribution in [1.29, 1.82) is 0 Å². The SMILES string of the molecule is Cc1oc([S@](N)(=O)=NC(=O)Nc2c(C(C)C)cc(F)cc2C(C)C)cc1C(C)(C)O. The highest BCUT2D eigenvalue weighted by Crippen LogP contribution is 2.34. The molecule has 0 aliphatic rings. The Hall–Kier alpha value is -2.23. The number of nitrogens with zero attached hydrogens (tertiary/aromatic N) is 1. The lowest BCUT2D eigenvalue weighted by Crippen LogP contribution is -2.19. The lowest BCUT2D eigenvalue weighted by molar-refractivity contribution is 0.0769. The molecule has 0 spiro atoms. The molecule has 0 bridgehead atoms. The average molecular weight is 440 g/mol. The van der Waals surface area contributed by atoms with Gasteiger partial charge in [-0.25, -0.2) is 18.5 Å². The molecular formula is C21H30FN3O4S. The number of carbonyl (C=O) groups is 1. The van der Waals surface area contributed by atoms with Crippen LogP contribution in [-0.4, -0.2) is 15.3 Å². The van der Waals surface area contributed by atoms with Gasteiger partial charge in [-0.05, 0) is 55.9 Å². The molecule has 1 aromatic carbocycles. The van der Waals surface area contributed by atoms with Crippen molar-refractivity contribution in [1.82, 2.24) is 0 Å². The van der Waals surface area contributed by atoms with E-state index in [4.69, 9.17) is 9.56 Å². The highest BCUT2D eigenvalue weighted by Gasteiger charge is 2.26. The molecular weight excluding hydrogens is 409 g/mol. The summed E-state index contributed by atoms with van der Waals surface area (Å²) >= 11 is 0. The number of hydrogen-bond acceptors (Lipinski definition) is 4. The second kappa shape index (κ2) is 8.49. The predicted molar refractivity (Wildman–Crippen MR) is 115 cm³/mol. The molecule has 2 amide bonds. The molecule has 0 radical (unpaired) electrons. The number of amides is 2. The number of hydrogen-bond donors (Lipinski definition) is 3. The topological polar surface area (TPSA) is 118 Å². The smallest absolute Gasteiger partial charge is 0.354 e. The van der Waals surface area contributed by atoms with E-state index in [1.165, 1.54) is 18.2 Å². The first-order chi connectivity index (χ1) is 13.6. The minimum Gasteiger partial charge on any atom is -0.450 e. The van der Waals surface area contributed by atoms with Gasteiger partial charge >= 0.3 is 6.03 Å². The first-order valence-corrected chi connectivity index (χ1v) is 11.2. The van der Waals surface area contributed by atoms with Crippen molar-refractivity contribution in [2.75, 3.05) is 5.32 Å². The molecule has 0 unspecified atom stereocenters. The number of carbonyl (C=O) groups excluding carboxylic acids is 1. The molecule has 2 rings (SSSR count). The quantitative estimate of drug-likeness (QED) is 0.598. The summed E-state index contributed by atoms with van der Waals surface area (Å²) in [5.74, 6) is -0.213. The third-order valence-electron chi connectivity index (χ3n) is 4.70. The van der Waals surface area contributed by atoms with Gasteiger partial charge in [-0.15, -0.1) is 4.36 Å². The summed E-state index contributed by atoms with van der Waals surface area (Å²) < 4.78 is 36.0. The van der Waals surface area contributed by atoms with Crippen molar-refractivity contribution in [3.8, 4) is 0 Å². The summed E-state index contributed by atoms with van der Waals surface area (Å²) in [5, 5.41) is 18.4. The number of aryl methyl sites for hydroxylation is 1. The Kier molecular flexibility index (Phi) is 6.80. The number of halogens is 1. The number of urea groups is 1. The summed E-state index contributed by atoms with van der Waals surface area (Å²) in [6, 6.07) is 3.12. The molecule has 0 saturated carbocycles. The maximum Gasteiger partial charge on any atom is 0.354 e.